The van der Waals surface area contributed by atoms with E-state index in [4.69, 9.17) is 0 Å². The highest BCUT2D eigenvalue weighted by molar-refractivity contribution is 5.89. The molecule has 80 valence electrons. The lowest BCUT2D eigenvalue weighted by atomic mass is 9.95. The van der Waals surface area contributed by atoms with Crippen molar-refractivity contribution in [1.82, 2.24) is 10.2 Å². The molecule has 0 aromatic rings. The molecule has 3 nitrogen and oxygen atoms in total. The van der Waals surface area contributed by atoms with Crippen LogP contribution in [0.3, 0.4) is 0 Å². The van der Waals surface area contributed by atoms with Crippen LogP contribution >= 0.6 is 0 Å². The molecule has 2 aliphatic rings. The van der Waals surface area contributed by atoms with Crippen molar-refractivity contribution in [2.75, 3.05) is 13.1 Å². The quantitative estimate of drug-likeness (QED) is 0.630. The Morgan fingerprint density at radius 1 is 1.36 bits per heavy atom. The lowest BCUT2D eigenvalue weighted by Crippen LogP contribution is -2.51. The van der Waals surface area contributed by atoms with Gasteiger partial charge in [0.05, 0.1) is 5.54 Å². The van der Waals surface area contributed by atoms with Gasteiger partial charge in [0, 0.05) is 12.1 Å². The third kappa shape index (κ3) is 1.34. The normalized spacial score (nSPS) is 33.4. The van der Waals surface area contributed by atoms with Crippen molar-refractivity contribution in [3.05, 3.63) is 0 Å². The standard InChI is InChI=1S/C11H20N2O/c1-10(2,3)13-8-6-11(9(13)14)5-4-7-12-11/h12H,4-8H2,1-3H3. The fourth-order valence-electron chi connectivity index (χ4n) is 2.61. The summed E-state index contributed by atoms with van der Waals surface area (Å²) in [7, 11) is 0. The smallest absolute Gasteiger partial charge is 0.243 e. The Hall–Kier alpha value is -0.570. The first-order chi connectivity index (χ1) is 6.46. The van der Waals surface area contributed by atoms with E-state index in [0.29, 0.717) is 5.91 Å². The van der Waals surface area contributed by atoms with Gasteiger partial charge in [-0.15, -0.1) is 0 Å². The summed E-state index contributed by atoms with van der Waals surface area (Å²) >= 11 is 0. The second-order valence-corrected chi connectivity index (χ2v) is 5.49. The number of carbonyl (C=O) groups is 1. The Kier molecular flexibility index (Phi) is 2.11. The highest BCUT2D eigenvalue weighted by Gasteiger charge is 2.50. The molecule has 1 amide bonds. The van der Waals surface area contributed by atoms with E-state index in [1.807, 2.05) is 4.90 Å². The first-order valence-electron chi connectivity index (χ1n) is 5.53. The van der Waals surface area contributed by atoms with Crippen molar-refractivity contribution in [2.45, 2.75) is 51.1 Å². The maximum absolute atomic E-state index is 12.2. The molecule has 0 aromatic heterocycles. The van der Waals surface area contributed by atoms with E-state index in [1.54, 1.807) is 0 Å². The van der Waals surface area contributed by atoms with E-state index < -0.39 is 0 Å². The molecule has 0 saturated carbocycles. The van der Waals surface area contributed by atoms with Crippen LogP contribution < -0.4 is 5.32 Å². The summed E-state index contributed by atoms with van der Waals surface area (Å²) in [5, 5.41) is 3.39. The molecule has 0 radical (unpaired) electrons. The van der Waals surface area contributed by atoms with E-state index in [0.717, 1.165) is 32.4 Å². The van der Waals surface area contributed by atoms with Gasteiger partial charge in [-0.25, -0.2) is 0 Å². The molecule has 1 unspecified atom stereocenters. The van der Waals surface area contributed by atoms with Crippen LogP contribution in [0.1, 0.15) is 40.0 Å². The third-order valence-electron chi connectivity index (χ3n) is 3.47. The Balaban J connectivity index is 2.18. The van der Waals surface area contributed by atoms with Crippen LogP contribution in [-0.4, -0.2) is 35.0 Å². The molecule has 0 aliphatic carbocycles. The summed E-state index contributed by atoms with van der Waals surface area (Å²) in [4.78, 5) is 14.3. The van der Waals surface area contributed by atoms with Crippen molar-refractivity contribution in [1.29, 1.82) is 0 Å². The predicted octanol–water partition coefficient (Wildman–Crippen LogP) is 1.14. The van der Waals surface area contributed by atoms with Crippen molar-refractivity contribution in [3.8, 4) is 0 Å². The molecule has 0 aromatic carbocycles. The molecule has 2 aliphatic heterocycles. The fourth-order valence-corrected chi connectivity index (χ4v) is 2.61. The topological polar surface area (TPSA) is 32.3 Å². The lowest BCUT2D eigenvalue weighted by molar-refractivity contribution is -0.136. The molecule has 1 spiro atoms. The minimum atomic E-state index is -0.187. The van der Waals surface area contributed by atoms with Gasteiger partial charge in [-0.3, -0.25) is 4.79 Å². The molecular weight excluding hydrogens is 176 g/mol. The number of hydrogen-bond donors (Lipinski definition) is 1. The fraction of sp³-hybridized carbons (Fsp3) is 0.909. The van der Waals surface area contributed by atoms with Gasteiger partial charge in [0.25, 0.3) is 0 Å². The molecule has 14 heavy (non-hydrogen) atoms. The molecule has 2 fully saturated rings. The van der Waals surface area contributed by atoms with Crippen LogP contribution in [-0.2, 0) is 4.79 Å². The summed E-state index contributed by atoms with van der Waals surface area (Å²) in [6.45, 7) is 8.25. The van der Waals surface area contributed by atoms with Crippen LogP contribution in [0.4, 0.5) is 0 Å². The molecule has 2 saturated heterocycles. The van der Waals surface area contributed by atoms with E-state index >= 15 is 0 Å². The largest absolute Gasteiger partial charge is 0.336 e. The number of rotatable bonds is 0. The van der Waals surface area contributed by atoms with Gasteiger partial charge in [-0.2, -0.15) is 0 Å². The van der Waals surface area contributed by atoms with Gasteiger partial charge >= 0.3 is 0 Å². The Morgan fingerprint density at radius 2 is 2.07 bits per heavy atom. The summed E-state index contributed by atoms with van der Waals surface area (Å²) in [6, 6.07) is 0. The Morgan fingerprint density at radius 3 is 2.50 bits per heavy atom. The Labute approximate surface area is 85.8 Å². The van der Waals surface area contributed by atoms with E-state index in [-0.39, 0.29) is 11.1 Å². The number of carbonyl (C=O) groups excluding carboxylic acids is 1. The van der Waals surface area contributed by atoms with Crippen LogP contribution in [0.15, 0.2) is 0 Å². The minimum Gasteiger partial charge on any atom is -0.336 e. The first kappa shape index (κ1) is 9.97. The SMILES string of the molecule is CC(C)(C)N1CCC2(CCCN2)C1=O. The summed E-state index contributed by atoms with van der Waals surface area (Å²) in [5.74, 6) is 0.322. The first-order valence-corrected chi connectivity index (χ1v) is 5.53. The number of nitrogens with zero attached hydrogens (tertiary/aromatic N) is 1. The number of amides is 1. The van der Waals surface area contributed by atoms with Crippen LogP contribution in [0.25, 0.3) is 0 Å². The van der Waals surface area contributed by atoms with Gasteiger partial charge in [0.15, 0.2) is 0 Å². The monoisotopic (exact) mass is 196 g/mol. The van der Waals surface area contributed by atoms with E-state index in [1.165, 1.54) is 0 Å². The van der Waals surface area contributed by atoms with Crippen molar-refractivity contribution < 1.29 is 4.79 Å². The number of nitrogens with one attached hydrogen (secondary N) is 1. The maximum atomic E-state index is 12.2. The third-order valence-corrected chi connectivity index (χ3v) is 3.47. The zero-order valence-electron chi connectivity index (χ0n) is 9.39. The number of hydrogen-bond acceptors (Lipinski definition) is 2. The average molecular weight is 196 g/mol. The average Bonchev–Trinajstić information content (AvgIpc) is 2.62. The van der Waals surface area contributed by atoms with Gasteiger partial charge in [0.2, 0.25) is 5.91 Å². The molecule has 0 bridgehead atoms. The van der Waals surface area contributed by atoms with Gasteiger partial charge in [-0.1, -0.05) is 0 Å². The van der Waals surface area contributed by atoms with Crippen LogP contribution in [0.2, 0.25) is 0 Å². The highest BCUT2D eigenvalue weighted by atomic mass is 16.2. The van der Waals surface area contributed by atoms with Crippen LogP contribution in [0, 0.1) is 0 Å². The van der Waals surface area contributed by atoms with Gasteiger partial charge in [-0.05, 0) is 46.6 Å². The number of likely N-dealkylation sites (tertiary alicyclic amines) is 1. The van der Waals surface area contributed by atoms with Gasteiger partial charge in [0.1, 0.15) is 0 Å². The minimum absolute atomic E-state index is 0.0230. The van der Waals surface area contributed by atoms with Gasteiger partial charge < -0.3 is 10.2 Å². The zero-order chi connectivity index (χ0) is 10.4. The van der Waals surface area contributed by atoms with Crippen molar-refractivity contribution >= 4 is 5.91 Å². The summed E-state index contributed by atoms with van der Waals surface area (Å²) in [6.07, 6.45) is 3.16. The molecule has 1 N–H and O–H groups in total. The second-order valence-electron chi connectivity index (χ2n) is 5.49. The van der Waals surface area contributed by atoms with Crippen molar-refractivity contribution in [3.63, 3.8) is 0 Å². The Bertz CT molecular complexity index is 249. The van der Waals surface area contributed by atoms with Crippen molar-refractivity contribution in [2.24, 2.45) is 0 Å². The molecule has 1 atom stereocenters. The summed E-state index contributed by atoms with van der Waals surface area (Å²) < 4.78 is 0. The van der Waals surface area contributed by atoms with E-state index in [2.05, 4.69) is 26.1 Å². The molecule has 2 rings (SSSR count). The maximum Gasteiger partial charge on any atom is 0.243 e. The second kappa shape index (κ2) is 2.96. The summed E-state index contributed by atoms with van der Waals surface area (Å²) in [5.41, 5.74) is -0.210. The predicted molar refractivity (Wildman–Crippen MR) is 56.1 cm³/mol. The molecule has 2 heterocycles. The molecule has 3 heteroatoms. The lowest BCUT2D eigenvalue weighted by Gasteiger charge is -2.33. The van der Waals surface area contributed by atoms with E-state index in [9.17, 15) is 4.79 Å². The highest BCUT2D eigenvalue weighted by Crippen LogP contribution is 2.34. The molecular formula is C11H20N2O. The van der Waals surface area contributed by atoms with Crippen LogP contribution in [0.5, 0.6) is 0 Å². The zero-order valence-corrected chi connectivity index (χ0v) is 9.39.